The third kappa shape index (κ3) is 2.90. The minimum Gasteiger partial charge on any atom is -0.494 e. The van der Waals surface area contributed by atoms with E-state index in [1.165, 1.54) is 0 Å². The van der Waals surface area contributed by atoms with E-state index in [0.717, 1.165) is 27.8 Å². The van der Waals surface area contributed by atoms with Crippen molar-refractivity contribution >= 4 is 16.8 Å². The molecule has 0 saturated carbocycles. The number of H-pyrrole nitrogens is 1. The largest absolute Gasteiger partial charge is 0.494 e. The predicted molar refractivity (Wildman–Crippen MR) is 89.6 cm³/mol. The number of nitrogens with zero attached hydrogens (tertiary/aromatic N) is 1. The summed E-state index contributed by atoms with van der Waals surface area (Å²) in [5.74, 6) is 0.710. The second kappa shape index (κ2) is 6.52. The molecule has 5 heteroatoms. The van der Waals surface area contributed by atoms with Crippen LogP contribution >= 0.6 is 0 Å². The standard InChI is InChI=1S/C18H19N3O2/c1-19-17(22)10-14(12-6-4-3-5-7-12)13-8-9-16(23-2)18-15(13)11-20-21-18/h3-9,11,14H,10H2,1-2H3,(H,19,22)(H,20,21)/t14-/m1/s1. The number of carbonyl (C=O) groups excluding carboxylic acids is 1. The van der Waals surface area contributed by atoms with Crippen molar-refractivity contribution in [2.75, 3.05) is 14.2 Å². The van der Waals surface area contributed by atoms with Gasteiger partial charge in [0.25, 0.3) is 0 Å². The third-order valence-electron chi connectivity index (χ3n) is 4.08. The quantitative estimate of drug-likeness (QED) is 0.761. The Morgan fingerprint density at radius 2 is 2.04 bits per heavy atom. The van der Waals surface area contributed by atoms with Gasteiger partial charge in [0, 0.05) is 24.8 Å². The molecule has 3 aromatic rings. The zero-order valence-corrected chi connectivity index (χ0v) is 13.2. The number of benzene rings is 2. The zero-order chi connectivity index (χ0) is 16.2. The highest BCUT2D eigenvalue weighted by molar-refractivity contribution is 5.89. The van der Waals surface area contributed by atoms with Gasteiger partial charge in [-0.15, -0.1) is 0 Å². The van der Waals surface area contributed by atoms with E-state index in [1.807, 2.05) is 42.5 Å². The summed E-state index contributed by atoms with van der Waals surface area (Å²) in [6.45, 7) is 0. The first-order valence-electron chi connectivity index (χ1n) is 7.50. The van der Waals surface area contributed by atoms with Crippen molar-refractivity contribution in [2.45, 2.75) is 12.3 Å². The number of ether oxygens (including phenoxy) is 1. The van der Waals surface area contributed by atoms with E-state index in [9.17, 15) is 4.79 Å². The lowest BCUT2D eigenvalue weighted by Crippen LogP contribution is -2.21. The Balaban J connectivity index is 2.13. The number of fused-ring (bicyclic) bond motifs is 1. The monoisotopic (exact) mass is 309 g/mol. The first kappa shape index (κ1) is 15.1. The molecule has 1 atom stereocenters. The van der Waals surface area contributed by atoms with Gasteiger partial charge in [0.15, 0.2) is 0 Å². The number of rotatable bonds is 5. The molecule has 1 amide bonds. The van der Waals surface area contributed by atoms with Crippen LogP contribution in [-0.4, -0.2) is 30.3 Å². The fourth-order valence-corrected chi connectivity index (χ4v) is 2.89. The van der Waals surface area contributed by atoms with Gasteiger partial charge in [0.2, 0.25) is 5.91 Å². The maximum absolute atomic E-state index is 12.0. The molecule has 0 saturated heterocycles. The van der Waals surface area contributed by atoms with Crippen LogP contribution in [0, 0.1) is 0 Å². The maximum atomic E-state index is 12.0. The summed E-state index contributed by atoms with van der Waals surface area (Å²) in [4.78, 5) is 12.0. The molecule has 0 radical (unpaired) electrons. The number of aromatic amines is 1. The Morgan fingerprint density at radius 3 is 2.74 bits per heavy atom. The highest BCUT2D eigenvalue weighted by atomic mass is 16.5. The SMILES string of the molecule is CNC(=O)C[C@H](c1ccccc1)c1ccc(OC)c2[nH]ncc12. The van der Waals surface area contributed by atoms with Crippen molar-refractivity contribution in [1.82, 2.24) is 15.5 Å². The smallest absolute Gasteiger partial charge is 0.220 e. The van der Waals surface area contributed by atoms with Gasteiger partial charge < -0.3 is 10.1 Å². The third-order valence-corrected chi connectivity index (χ3v) is 4.08. The summed E-state index contributed by atoms with van der Waals surface area (Å²) in [7, 11) is 3.29. The van der Waals surface area contributed by atoms with Crippen LogP contribution in [0.2, 0.25) is 0 Å². The molecule has 1 aromatic heterocycles. The molecule has 1 heterocycles. The lowest BCUT2D eigenvalue weighted by Gasteiger charge is -2.19. The number of methoxy groups -OCH3 is 1. The Labute approximate surface area is 134 Å². The average molecular weight is 309 g/mol. The average Bonchev–Trinajstić information content (AvgIpc) is 3.09. The lowest BCUT2D eigenvalue weighted by molar-refractivity contribution is -0.120. The molecular weight excluding hydrogens is 290 g/mol. The number of hydrogen-bond donors (Lipinski definition) is 2. The summed E-state index contributed by atoms with van der Waals surface area (Å²) >= 11 is 0. The van der Waals surface area contributed by atoms with Crippen LogP contribution in [0.4, 0.5) is 0 Å². The zero-order valence-electron chi connectivity index (χ0n) is 13.2. The number of carbonyl (C=O) groups is 1. The van der Waals surface area contributed by atoms with Crippen LogP contribution in [0.1, 0.15) is 23.5 Å². The van der Waals surface area contributed by atoms with E-state index in [2.05, 4.69) is 15.5 Å². The van der Waals surface area contributed by atoms with E-state index in [0.29, 0.717) is 6.42 Å². The molecule has 23 heavy (non-hydrogen) atoms. The van der Waals surface area contributed by atoms with Gasteiger partial charge in [-0.1, -0.05) is 36.4 Å². The van der Waals surface area contributed by atoms with E-state index in [4.69, 9.17) is 4.74 Å². The number of aromatic nitrogens is 2. The van der Waals surface area contributed by atoms with Crippen LogP contribution in [0.25, 0.3) is 10.9 Å². The molecule has 118 valence electrons. The van der Waals surface area contributed by atoms with Gasteiger partial charge in [-0.2, -0.15) is 5.10 Å². The minimum absolute atomic E-state index is 0.00585. The second-order valence-corrected chi connectivity index (χ2v) is 5.36. The highest BCUT2D eigenvalue weighted by Gasteiger charge is 2.21. The molecule has 0 unspecified atom stereocenters. The Morgan fingerprint density at radius 1 is 1.26 bits per heavy atom. The first-order chi connectivity index (χ1) is 11.2. The van der Waals surface area contributed by atoms with Crippen molar-refractivity contribution in [3.63, 3.8) is 0 Å². The molecule has 0 spiro atoms. The van der Waals surface area contributed by atoms with Crippen molar-refractivity contribution < 1.29 is 9.53 Å². The molecule has 3 rings (SSSR count). The number of nitrogens with one attached hydrogen (secondary N) is 2. The van der Waals surface area contributed by atoms with Crippen LogP contribution in [0.5, 0.6) is 5.75 Å². The highest BCUT2D eigenvalue weighted by Crippen LogP contribution is 2.35. The van der Waals surface area contributed by atoms with E-state index < -0.39 is 0 Å². The molecule has 2 N–H and O–H groups in total. The first-order valence-corrected chi connectivity index (χ1v) is 7.50. The molecule has 2 aromatic carbocycles. The Hall–Kier alpha value is -2.82. The van der Waals surface area contributed by atoms with Gasteiger partial charge in [-0.25, -0.2) is 0 Å². The molecule has 0 bridgehead atoms. The minimum atomic E-state index is -0.0397. The molecular formula is C18H19N3O2. The van der Waals surface area contributed by atoms with E-state index in [-0.39, 0.29) is 11.8 Å². The van der Waals surface area contributed by atoms with Crippen LogP contribution in [-0.2, 0) is 4.79 Å². The fraction of sp³-hybridized carbons (Fsp3) is 0.222. The van der Waals surface area contributed by atoms with Crippen molar-refractivity contribution in [2.24, 2.45) is 0 Å². The number of hydrogen-bond acceptors (Lipinski definition) is 3. The van der Waals surface area contributed by atoms with Gasteiger partial charge in [-0.3, -0.25) is 9.89 Å². The predicted octanol–water partition coefficient (Wildman–Crippen LogP) is 2.84. The van der Waals surface area contributed by atoms with Gasteiger partial charge in [-0.05, 0) is 17.2 Å². The van der Waals surface area contributed by atoms with Crippen molar-refractivity contribution in [3.8, 4) is 5.75 Å². The van der Waals surface area contributed by atoms with Crippen LogP contribution < -0.4 is 10.1 Å². The summed E-state index contributed by atoms with van der Waals surface area (Å²) in [5, 5.41) is 10.8. The van der Waals surface area contributed by atoms with Crippen LogP contribution in [0.3, 0.4) is 0 Å². The van der Waals surface area contributed by atoms with Gasteiger partial charge in [0.05, 0.1) is 13.3 Å². The van der Waals surface area contributed by atoms with Crippen molar-refractivity contribution in [1.29, 1.82) is 0 Å². The van der Waals surface area contributed by atoms with Crippen LogP contribution in [0.15, 0.2) is 48.7 Å². The second-order valence-electron chi connectivity index (χ2n) is 5.36. The maximum Gasteiger partial charge on any atom is 0.220 e. The fourth-order valence-electron chi connectivity index (χ4n) is 2.89. The Bertz CT molecular complexity index is 812. The van der Waals surface area contributed by atoms with Gasteiger partial charge in [0.1, 0.15) is 11.3 Å². The van der Waals surface area contributed by atoms with Gasteiger partial charge >= 0.3 is 0 Å². The molecule has 0 aliphatic rings. The summed E-state index contributed by atoms with van der Waals surface area (Å²) < 4.78 is 5.38. The molecule has 0 fully saturated rings. The lowest BCUT2D eigenvalue weighted by atomic mass is 9.86. The summed E-state index contributed by atoms with van der Waals surface area (Å²) in [6.07, 6.45) is 2.17. The van der Waals surface area contributed by atoms with E-state index >= 15 is 0 Å². The topological polar surface area (TPSA) is 67.0 Å². The molecule has 5 nitrogen and oxygen atoms in total. The number of amides is 1. The van der Waals surface area contributed by atoms with E-state index in [1.54, 1.807) is 20.4 Å². The normalized spacial score (nSPS) is 12.1. The summed E-state index contributed by atoms with van der Waals surface area (Å²) in [6, 6.07) is 14.0. The summed E-state index contributed by atoms with van der Waals surface area (Å²) in [5.41, 5.74) is 3.01. The van der Waals surface area contributed by atoms with Crippen molar-refractivity contribution in [3.05, 3.63) is 59.8 Å². The molecule has 0 aliphatic heterocycles. The Kier molecular flexibility index (Phi) is 4.28. The molecule has 0 aliphatic carbocycles.